The summed E-state index contributed by atoms with van der Waals surface area (Å²) in [5.74, 6) is 1.26. The van der Waals surface area contributed by atoms with Crippen molar-refractivity contribution in [1.82, 2.24) is 4.90 Å². The van der Waals surface area contributed by atoms with Gasteiger partial charge in [0.05, 0.1) is 10.6 Å². The first-order valence-electron chi connectivity index (χ1n) is 6.34. The number of hydrogen-bond donors (Lipinski definition) is 0. The molecule has 104 valence electrons. The van der Waals surface area contributed by atoms with Gasteiger partial charge in [0.15, 0.2) is 0 Å². The monoisotopic (exact) mass is 317 g/mol. The third-order valence-corrected chi connectivity index (χ3v) is 5.02. The van der Waals surface area contributed by atoms with Crippen molar-refractivity contribution in [3.05, 3.63) is 28.8 Å². The fraction of sp³-hybridized carbons (Fsp3) is 0.500. The van der Waals surface area contributed by atoms with Gasteiger partial charge in [-0.25, -0.2) is 0 Å². The summed E-state index contributed by atoms with van der Waals surface area (Å²) in [6.45, 7) is 1.55. The van der Waals surface area contributed by atoms with E-state index in [0.29, 0.717) is 22.4 Å². The van der Waals surface area contributed by atoms with Crippen molar-refractivity contribution in [2.75, 3.05) is 25.2 Å². The van der Waals surface area contributed by atoms with E-state index in [1.807, 2.05) is 23.3 Å². The minimum Gasteiger partial charge on any atom is -0.339 e. The number of piperidine rings is 1. The van der Waals surface area contributed by atoms with Crippen LogP contribution < -0.4 is 0 Å². The van der Waals surface area contributed by atoms with Crippen LogP contribution in [0.5, 0.6) is 0 Å². The Labute approximate surface area is 128 Å². The summed E-state index contributed by atoms with van der Waals surface area (Å²) < 4.78 is 0. The fourth-order valence-corrected chi connectivity index (χ4v) is 3.20. The molecule has 1 aliphatic rings. The summed E-state index contributed by atoms with van der Waals surface area (Å²) in [5, 5.41) is 0.530. The van der Waals surface area contributed by atoms with E-state index in [0.717, 1.165) is 30.8 Å². The zero-order chi connectivity index (χ0) is 13.8. The van der Waals surface area contributed by atoms with E-state index >= 15 is 0 Å². The molecule has 0 bridgehead atoms. The molecule has 0 radical (unpaired) electrons. The number of carbonyl (C=O) groups is 1. The smallest absolute Gasteiger partial charge is 0.255 e. The number of amides is 1. The first kappa shape index (κ1) is 15.0. The van der Waals surface area contributed by atoms with Crippen molar-refractivity contribution >= 4 is 40.9 Å². The fourth-order valence-electron chi connectivity index (χ4n) is 2.26. The van der Waals surface area contributed by atoms with Crippen LogP contribution in [0.1, 0.15) is 23.2 Å². The van der Waals surface area contributed by atoms with Crippen LogP contribution in [0.2, 0.25) is 5.02 Å². The molecule has 0 N–H and O–H groups in total. The van der Waals surface area contributed by atoms with Crippen LogP contribution in [0.4, 0.5) is 0 Å². The Balaban J connectivity index is 2.11. The summed E-state index contributed by atoms with van der Waals surface area (Å²) >= 11 is 13.6. The van der Waals surface area contributed by atoms with Gasteiger partial charge < -0.3 is 4.90 Å². The molecule has 2 rings (SSSR count). The molecule has 0 saturated carbocycles. The standard InChI is InChI=1S/C14H17Cl2NOS/c1-19-11-2-3-13(16)12(8-11)14(18)17-6-4-10(9-15)5-7-17/h2-3,8,10H,4-7,9H2,1H3. The van der Waals surface area contributed by atoms with Crippen molar-refractivity contribution in [3.8, 4) is 0 Å². The van der Waals surface area contributed by atoms with Crippen LogP contribution >= 0.6 is 35.0 Å². The molecule has 1 amide bonds. The topological polar surface area (TPSA) is 20.3 Å². The van der Waals surface area contributed by atoms with Gasteiger partial charge in [-0.15, -0.1) is 23.4 Å². The summed E-state index contributed by atoms with van der Waals surface area (Å²) in [4.78, 5) is 15.4. The van der Waals surface area contributed by atoms with Gasteiger partial charge in [0.2, 0.25) is 0 Å². The molecule has 1 heterocycles. The van der Waals surface area contributed by atoms with E-state index < -0.39 is 0 Å². The molecule has 0 spiro atoms. The molecule has 1 fully saturated rings. The number of alkyl halides is 1. The van der Waals surface area contributed by atoms with E-state index in [1.165, 1.54) is 0 Å². The van der Waals surface area contributed by atoms with Crippen molar-refractivity contribution in [2.45, 2.75) is 17.7 Å². The first-order valence-corrected chi connectivity index (χ1v) is 8.48. The van der Waals surface area contributed by atoms with E-state index in [1.54, 1.807) is 17.8 Å². The Bertz CT molecular complexity index is 459. The predicted octanol–water partition coefficient (Wildman–Crippen LogP) is 4.15. The lowest BCUT2D eigenvalue weighted by molar-refractivity contribution is 0.0698. The molecule has 1 aliphatic heterocycles. The molecule has 1 saturated heterocycles. The number of nitrogens with zero attached hydrogens (tertiary/aromatic N) is 1. The zero-order valence-corrected chi connectivity index (χ0v) is 13.2. The van der Waals surface area contributed by atoms with Crippen LogP contribution in [0, 0.1) is 5.92 Å². The average molecular weight is 318 g/mol. The molecule has 2 nitrogen and oxygen atoms in total. The Morgan fingerprint density at radius 1 is 1.42 bits per heavy atom. The van der Waals surface area contributed by atoms with Gasteiger partial charge >= 0.3 is 0 Å². The van der Waals surface area contributed by atoms with Crippen molar-refractivity contribution in [3.63, 3.8) is 0 Å². The molecular formula is C14H17Cl2NOS. The number of thioether (sulfide) groups is 1. The lowest BCUT2D eigenvalue weighted by atomic mass is 9.98. The second-order valence-corrected chi connectivity index (χ2v) is 6.33. The van der Waals surface area contributed by atoms with Crippen LogP contribution in [0.15, 0.2) is 23.1 Å². The number of rotatable bonds is 3. The highest BCUT2D eigenvalue weighted by Gasteiger charge is 2.24. The Kier molecular flexibility index (Phi) is 5.43. The zero-order valence-electron chi connectivity index (χ0n) is 10.9. The number of benzene rings is 1. The van der Waals surface area contributed by atoms with E-state index in [9.17, 15) is 4.79 Å². The minimum absolute atomic E-state index is 0.0360. The van der Waals surface area contributed by atoms with Gasteiger partial charge in [0.25, 0.3) is 5.91 Å². The van der Waals surface area contributed by atoms with Crippen LogP contribution in [0.25, 0.3) is 0 Å². The Hall–Kier alpha value is -0.380. The lowest BCUT2D eigenvalue weighted by Gasteiger charge is -2.31. The SMILES string of the molecule is CSc1ccc(Cl)c(C(=O)N2CCC(CCl)CC2)c1. The summed E-state index contributed by atoms with van der Waals surface area (Å²) in [5.41, 5.74) is 0.609. The van der Waals surface area contributed by atoms with Crippen LogP contribution in [0.3, 0.4) is 0 Å². The summed E-state index contributed by atoms with van der Waals surface area (Å²) in [6.07, 6.45) is 3.95. The predicted molar refractivity (Wildman–Crippen MR) is 82.6 cm³/mol. The van der Waals surface area contributed by atoms with Crippen LogP contribution in [-0.4, -0.2) is 36.0 Å². The second-order valence-electron chi connectivity index (χ2n) is 4.74. The summed E-state index contributed by atoms with van der Waals surface area (Å²) in [7, 11) is 0. The van der Waals surface area contributed by atoms with Gasteiger partial charge in [-0.3, -0.25) is 4.79 Å². The highest BCUT2D eigenvalue weighted by molar-refractivity contribution is 7.98. The Morgan fingerprint density at radius 2 is 2.11 bits per heavy atom. The van der Waals surface area contributed by atoms with Crippen molar-refractivity contribution < 1.29 is 4.79 Å². The molecule has 1 aromatic carbocycles. The average Bonchev–Trinajstić information content (AvgIpc) is 2.47. The van der Waals surface area contributed by atoms with E-state index in [4.69, 9.17) is 23.2 Å². The number of halogens is 2. The highest BCUT2D eigenvalue weighted by atomic mass is 35.5. The third kappa shape index (κ3) is 3.59. The van der Waals surface area contributed by atoms with Crippen molar-refractivity contribution in [1.29, 1.82) is 0 Å². The van der Waals surface area contributed by atoms with E-state index in [-0.39, 0.29) is 5.91 Å². The molecule has 0 unspecified atom stereocenters. The molecule has 1 aromatic rings. The van der Waals surface area contributed by atoms with Crippen molar-refractivity contribution in [2.24, 2.45) is 5.92 Å². The highest BCUT2D eigenvalue weighted by Crippen LogP contribution is 2.26. The lowest BCUT2D eigenvalue weighted by Crippen LogP contribution is -2.39. The molecular weight excluding hydrogens is 301 g/mol. The second kappa shape index (κ2) is 6.87. The number of likely N-dealkylation sites (tertiary alicyclic amines) is 1. The molecule has 5 heteroatoms. The van der Waals surface area contributed by atoms with Gasteiger partial charge in [-0.1, -0.05) is 11.6 Å². The molecule has 0 aromatic heterocycles. The maximum atomic E-state index is 12.5. The maximum absolute atomic E-state index is 12.5. The third-order valence-electron chi connectivity index (χ3n) is 3.52. The van der Waals surface area contributed by atoms with Crippen LogP contribution in [-0.2, 0) is 0 Å². The molecule has 0 atom stereocenters. The van der Waals surface area contributed by atoms with Gasteiger partial charge in [0.1, 0.15) is 0 Å². The molecule has 0 aliphatic carbocycles. The number of carbonyl (C=O) groups excluding carboxylic acids is 1. The van der Waals surface area contributed by atoms with Gasteiger partial charge in [-0.05, 0) is 43.2 Å². The quantitative estimate of drug-likeness (QED) is 0.616. The van der Waals surface area contributed by atoms with E-state index in [2.05, 4.69) is 0 Å². The maximum Gasteiger partial charge on any atom is 0.255 e. The largest absolute Gasteiger partial charge is 0.339 e. The van der Waals surface area contributed by atoms with Gasteiger partial charge in [0, 0.05) is 23.9 Å². The Morgan fingerprint density at radius 3 is 2.68 bits per heavy atom. The molecule has 19 heavy (non-hydrogen) atoms. The normalized spacial score (nSPS) is 16.7. The minimum atomic E-state index is 0.0360. The summed E-state index contributed by atoms with van der Waals surface area (Å²) in [6, 6.07) is 5.61. The van der Waals surface area contributed by atoms with Gasteiger partial charge in [-0.2, -0.15) is 0 Å². The first-order chi connectivity index (χ1) is 9.15. The number of hydrogen-bond acceptors (Lipinski definition) is 2.